The van der Waals surface area contributed by atoms with Crippen LogP contribution in [-0.2, 0) is 14.3 Å². The molecule has 1 amide bonds. The molecule has 2 atom stereocenters. The first-order valence-electron chi connectivity index (χ1n) is 26.4. The molecule has 2 unspecified atom stereocenters. The molecule has 0 aliphatic carbocycles. The molecule has 350 valence electrons. The molecule has 0 rings (SSSR count). The van der Waals surface area contributed by atoms with Gasteiger partial charge >= 0.3 is 5.97 Å². The minimum Gasteiger partial charge on any atom is -0.466 e. The molecule has 0 aromatic heterocycles. The molecule has 0 spiro atoms. The van der Waals surface area contributed by atoms with E-state index in [9.17, 15) is 19.8 Å². The number of ether oxygens (including phenoxy) is 1. The number of unbranched alkanes of at least 4 members (excludes halogenated alkanes) is 36. The van der Waals surface area contributed by atoms with Crippen LogP contribution in [0.2, 0.25) is 0 Å². The van der Waals surface area contributed by atoms with Crippen LogP contribution in [-0.4, -0.2) is 47.4 Å². The van der Waals surface area contributed by atoms with Crippen molar-refractivity contribution in [2.24, 2.45) is 0 Å². The minimum atomic E-state index is -0.666. The smallest absolute Gasteiger partial charge is 0.305 e. The summed E-state index contributed by atoms with van der Waals surface area (Å²) in [6.45, 7) is 4.92. The number of carbonyl (C=O) groups is 2. The maximum atomic E-state index is 12.4. The van der Waals surface area contributed by atoms with Crippen molar-refractivity contribution < 1.29 is 24.5 Å². The Morgan fingerprint density at radius 2 is 0.797 bits per heavy atom. The summed E-state index contributed by atoms with van der Waals surface area (Å²) < 4.78 is 5.45. The number of aliphatic hydroxyl groups is 2. The van der Waals surface area contributed by atoms with Gasteiger partial charge in [-0.3, -0.25) is 9.59 Å². The summed E-state index contributed by atoms with van der Waals surface area (Å²) in [5.74, 6) is -0.0445. The van der Waals surface area contributed by atoms with Crippen molar-refractivity contribution in [2.45, 2.75) is 302 Å². The van der Waals surface area contributed by atoms with Crippen molar-refractivity contribution in [1.82, 2.24) is 5.32 Å². The third-order valence-corrected chi connectivity index (χ3v) is 12.3. The SMILES string of the molecule is CCCCC/C=C\CCCCCCCC(=O)OCCCCCCCCCCCCCCCCCCCC(=O)NC(CO)C(O)CCCCCCCCCCCCCCC. The summed E-state index contributed by atoms with van der Waals surface area (Å²) in [5, 5.41) is 23.2. The number of nitrogens with one attached hydrogen (secondary N) is 1. The van der Waals surface area contributed by atoms with Crippen LogP contribution >= 0.6 is 0 Å². The second-order valence-corrected chi connectivity index (χ2v) is 18.2. The number of esters is 1. The molecule has 3 N–H and O–H groups in total. The van der Waals surface area contributed by atoms with Gasteiger partial charge in [0.2, 0.25) is 5.91 Å². The summed E-state index contributed by atoms with van der Waals surface area (Å²) in [6, 6.07) is -0.544. The van der Waals surface area contributed by atoms with Crippen LogP contribution < -0.4 is 5.32 Å². The second kappa shape index (κ2) is 49.3. The zero-order valence-electron chi connectivity index (χ0n) is 39.7. The predicted octanol–water partition coefficient (Wildman–Crippen LogP) is 15.7. The molecule has 0 aromatic rings. The van der Waals surface area contributed by atoms with Crippen LogP contribution in [0, 0.1) is 0 Å². The maximum absolute atomic E-state index is 12.4. The minimum absolute atomic E-state index is 0.00457. The van der Waals surface area contributed by atoms with Crippen molar-refractivity contribution in [3.05, 3.63) is 12.2 Å². The Hall–Kier alpha value is -1.40. The van der Waals surface area contributed by atoms with E-state index in [4.69, 9.17) is 4.74 Å². The van der Waals surface area contributed by atoms with Crippen molar-refractivity contribution in [3.8, 4) is 0 Å². The van der Waals surface area contributed by atoms with E-state index in [1.807, 2.05) is 0 Å². The fraction of sp³-hybridized carbons (Fsp3) is 0.925. The highest BCUT2D eigenvalue weighted by atomic mass is 16.5. The number of carbonyl (C=O) groups excluding carboxylic acids is 2. The first kappa shape index (κ1) is 57.6. The summed E-state index contributed by atoms with van der Waals surface area (Å²) in [4.78, 5) is 24.4. The molecule has 6 heteroatoms. The van der Waals surface area contributed by atoms with Gasteiger partial charge in [0.1, 0.15) is 0 Å². The van der Waals surface area contributed by atoms with Gasteiger partial charge in [0, 0.05) is 12.8 Å². The van der Waals surface area contributed by atoms with Crippen LogP contribution in [0.3, 0.4) is 0 Å². The van der Waals surface area contributed by atoms with Crippen LogP contribution in [0.5, 0.6) is 0 Å². The lowest BCUT2D eigenvalue weighted by Gasteiger charge is -2.22. The molecule has 0 aliphatic rings. The molecular weight excluding hydrogens is 731 g/mol. The Balaban J connectivity index is 3.41. The van der Waals surface area contributed by atoms with Crippen molar-refractivity contribution >= 4 is 11.9 Å². The summed E-state index contributed by atoms with van der Waals surface area (Å²) in [5.41, 5.74) is 0. The number of hydrogen-bond donors (Lipinski definition) is 3. The summed E-state index contributed by atoms with van der Waals surface area (Å²) in [6.07, 6.45) is 56.1. The van der Waals surface area contributed by atoms with Crippen LogP contribution in [0.1, 0.15) is 290 Å². The third-order valence-electron chi connectivity index (χ3n) is 12.3. The molecule has 6 nitrogen and oxygen atoms in total. The van der Waals surface area contributed by atoms with E-state index in [1.54, 1.807) is 0 Å². The lowest BCUT2D eigenvalue weighted by atomic mass is 10.0. The van der Waals surface area contributed by atoms with Gasteiger partial charge in [-0.25, -0.2) is 0 Å². The molecule has 0 aromatic carbocycles. The first-order valence-corrected chi connectivity index (χ1v) is 26.4. The van der Waals surface area contributed by atoms with Crippen LogP contribution in [0.15, 0.2) is 12.2 Å². The normalized spacial score (nSPS) is 12.7. The van der Waals surface area contributed by atoms with Gasteiger partial charge in [0.15, 0.2) is 0 Å². The molecule has 0 saturated heterocycles. The van der Waals surface area contributed by atoms with E-state index < -0.39 is 12.1 Å². The number of amides is 1. The van der Waals surface area contributed by atoms with Gasteiger partial charge in [-0.1, -0.05) is 238 Å². The van der Waals surface area contributed by atoms with E-state index in [1.165, 1.54) is 212 Å². The van der Waals surface area contributed by atoms with E-state index >= 15 is 0 Å². The molecule has 0 fully saturated rings. The van der Waals surface area contributed by atoms with E-state index in [0.717, 1.165) is 44.9 Å². The Kier molecular flexibility index (Phi) is 48.1. The fourth-order valence-corrected chi connectivity index (χ4v) is 8.22. The molecule has 0 heterocycles. The van der Waals surface area contributed by atoms with Crippen LogP contribution in [0.4, 0.5) is 0 Å². The lowest BCUT2D eigenvalue weighted by Crippen LogP contribution is -2.45. The zero-order valence-corrected chi connectivity index (χ0v) is 39.7. The highest BCUT2D eigenvalue weighted by Gasteiger charge is 2.20. The number of aliphatic hydroxyl groups excluding tert-OH is 2. The zero-order chi connectivity index (χ0) is 43.0. The predicted molar refractivity (Wildman–Crippen MR) is 255 cm³/mol. The molecule has 0 radical (unpaired) electrons. The maximum Gasteiger partial charge on any atom is 0.305 e. The Bertz CT molecular complexity index is 878. The van der Waals surface area contributed by atoms with E-state index in [0.29, 0.717) is 25.9 Å². The number of hydrogen-bond acceptors (Lipinski definition) is 5. The molecular formula is C53H103NO5. The third kappa shape index (κ3) is 45.9. The van der Waals surface area contributed by atoms with Gasteiger partial charge in [-0.15, -0.1) is 0 Å². The first-order chi connectivity index (χ1) is 29.0. The quantitative estimate of drug-likeness (QED) is 0.0322. The average molecular weight is 834 g/mol. The summed E-state index contributed by atoms with van der Waals surface area (Å²) in [7, 11) is 0. The standard InChI is InChI=1S/C53H103NO5/c1-3-5-7-9-11-13-15-22-25-29-33-37-41-45-51(56)50(49-55)54-52(57)46-42-38-34-30-26-23-20-18-17-19-21-24-28-32-36-40-44-48-59-53(58)47-43-39-35-31-27-16-14-12-10-8-6-4-2/h12,14,50-51,55-56H,3-11,13,15-49H2,1-2H3,(H,54,57)/b14-12-. The topological polar surface area (TPSA) is 95.9 Å². The number of rotatable bonds is 49. The van der Waals surface area contributed by atoms with E-state index in [2.05, 4.69) is 31.3 Å². The fourth-order valence-electron chi connectivity index (χ4n) is 8.22. The molecule has 59 heavy (non-hydrogen) atoms. The van der Waals surface area contributed by atoms with Gasteiger partial charge in [-0.05, 0) is 51.4 Å². The lowest BCUT2D eigenvalue weighted by molar-refractivity contribution is -0.143. The Labute approximate surface area is 368 Å². The van der Waals surface area contributed by atoms with Gasteiger partial charge in [-0.2, -0.15) is 0 Å². The average Bonchev–Trinajstić information content (AvgIpc) is 3.24. The Morgan fingerprint density at radius 3 is 1.24 bits per heavy atom. The monoisotopic (exact) mass is 834 g/mol. The van der Waals surface area contributed by atoms with Crippen LogP contribution in [0.25, 0.3) is 0 Å². The molecule has 0 saturated carbocycles. The summed E-state index contributed by atoms with van der Waals surface area (Å²) >= 11 is 0. The van der Waals surface area contributed by atoms with Crippen molar-refractivity contribution in [3.63, 3.8) is 0 Å². The molecule has 0 bridgehead atoms. The Morgan fingerprint density at radius 1 is 0.458 bits per heavy atom. The van der Waals surface area contributed by atoms with Crippen molar-refractivity contribution in [1.29, 1.82) is 0 Å². The van der Waals surface area contributed by atoms with Crippen molar-refractivity contribution in [2.75, 3.05) is 13.2 Å². The van der Waals surface area contributed by atoms with Gasteiger partial charge < -0.3 is 20.3 Å². The van der Waals surface area contributed by atoms with Gasteiger partial charge in [0.05, 0.1) is 25.4 Å². The molecule has 0 aliphatic heterocycles. The second-order valence-electron chi connectivity index (χ2n) is 18.2. The van der Waals surface area contributed by atoms with E-state index in [-0.39, 0.29) is 18.5 Å². The number of allylic oxidation sites excluding steroid dienone is 2. The van der Waals surface area contributed by atoms with Gasteiger partial charge in [0.25, 0.3) is 0 Å². The highest BCUT2D eigenvalue weighted by Crippen LogP contribution is 2.17. The largest absolute Gasteiger partial charge is 0.466 e. The highest BCUT2D eigenvalue weighted by molar-refractivity contribution is 5.76.